The quantitative estimate of drug-likeness (QED) is 0.560. The van der Waals surface area contributed by atoms with Crippen molar-refractivity contribution in [1.29, 1.82) is 0 Å². The summed E-state index contributed by atoms with van der Waals surface area (Å²) in [5.41, 5.74) is 2.20. The summed E-state index contributed by atoms with van der Waals surface area (Å²) in [5.74, 6) is 6.07. The maximum Gasteiger partial charge on any atom is 0.138 e. The first kappa shape index (κ1) is 21.8. The monoisotopic (exact) mass is 383 g/mol. The SMILES string of the molecule is CCOCCOCC#Cc1ccc(/C=C(\C(O)C(C)(C)C)n2cncn2)cc1. The van der Waals surface area contributed by atoms with Gasteiger partial charge >= 0.3 is 0 Å². The molecule has 0 spiro atoms. The lowest BCUT2D eigenvalue weighted by atomic mass is 9.86. The van der Waals surface area contributed by atoms with E-state index in [1.54, 1.807) is 11.0 Å². The van der Waals surface area contributed by atoms with Crippen LogP contribution in [0.15, 0.2) is 36.9 Å². The molecule has 1 aromatic heterocycles. The molecule has 0 aliphatic carbocycles. The van der Waals surface area contributed by atoms with Crippen molar-refractivity contribution in [3.8, 4) is 11.8 Å². The standard InChI is InChI=1S/C22H29N3O3/c1-5-27-13-14-28-12-6-7-18-8-10-19(11-9-18)15-20(21(26)22(2,3)4)25-17-23-16-24-25/h8-11,15-17,21,26H,5,12-14H2,1-4H3/b20-15+. The number of rotatable bonds is 8. The van der Waals surface area contributed by atoms with Gasteiger partial charge in [-0.25, -0.2) is 9.67 Å². The fourth-order valence-electron chi connectivity index (χ4n) is 2.41. The molecule has 0 fully saturated rings. The van der Waals surface area contributed by atoms with Gasteiger partial charge in [-0.3, -0.25) is 0 Å². The Morgan fingerprint density at radius 3 is 2.54 bits per heavy atom. The van der Waals surface area contributed by atoms with Crippen molar-refractivity contribution in [2.24, 2.45) is 5.41 Å². The Kier molecular flexibility index (Phi) is 8.40. The zero-order chi connectivity index (χ0) is 20.4. The van der Waals surface area contributed by atoms with E-state index >= 15 is 0 Å². The second-order valence-corrected chi connectivity index (χ2v) is 7.35. The Labute approximate surface area is 167 Å². The van der Waals surface area contributed by atoms with Crippen LogP contribution in [0.1, 0.15) is 38.8 Å². The summed E-state index contributed by atoms with van der Waals surface area (Å²) < 4.78 is 12.2. The molecule has 2 rings (SSSR count). The third-order valence-corrected chi connectivity index (χ3v) is 3.99. The van der Waals surface area contributed by atoms with Crippen molar-refractivity contribution in [2.45, 2.75) is 33.8 Å². The number of aliphatic hydroxyl groups excluding tert-OH is 1. The molecule has 150 valence electrons. The zero-order valence-electron chi connectivity index (χ0n) is 17.1. The molecule has 0 saturated carbocycles. The van der Waals surface area contributed by atoms with Gasteiger partial charge in [-0.05, 0) is 36.1 Å². The molecule has 0 amide bonds. The first-order valence-corrected chi connectivity index (χ1v) is 9.41. The molecule has 6 nitrogen and oxygen atoms in total. The van der Waals surface area contributed by atoms with E-state index in [0.29, 0.717) is 32.1 Å². The molecule has 1 heterocycles. The number of nitrogens with zero attached hydrogens (tertiary/aromatic N) is 3. The molecule has 28 heavy (non-hydrogen) atoms. The van der Waals surface area contributed by atoms with E-state index in [9.17, 15) is 5.11 Å². The minimum Gasteiger partial charge on any atom is -0.386 e. The molecule has 1 aromatic carbocycles. The van der Waals surface area contributed by atoms with Crippen LogP contribution in [0.25, 0.3) is 11.8 Å². The van der Waals surface area contributed by atoms with Gasteiger partial charge in [-0.2, -0.15) is 5.10 Å². The van der Waals surface area contributed by atoms with Gasteiger partial charge < -0.3 is 14.6 Å². The van der Waals surface area contributed by atoms with E-state index < -0.39 is 6.10 Å². The lowest BCUT2D eigenvalue weighted by molar-refractivity contribution is 0.0662. The van der Waals surface area contributed by atoms with E-state index in [4.69, 9.17) is 9.47 Å². The lowest BCUT2D eigenvalue weighted by Gasteiger charge is -2.27. The Balaban J connectivity index is 2.06. The molecule has 1 unspecified atom stereocenters. The lowest BCUT2D eigenvalue weighted by Crippen LogP contribution is -2.29. The molecule has 0 saturated heterocycles. The minimum absolute atomic E-state index is 0.328. The summed E-state index contributed by atoms with van der Waals surface area (Å²) in [6, 6.07) is 7.82. The molecule has 2 aromatic rings. The third-order valence-electron chi connectivity index (χ3n) is 3.99. The largest absolute Gasteiger partial charge is 0.386 e. The van der Waals surface area contributed by atoms with E-state index in [-0.39, 0.29) is 5.41 Å². The van der Waals surface area contributed by atoms with Crippen molar-refractivity contribution in [3.05, 3.63) is 48.0 Å². The first-order chi connectivity index (χ1) is 13.4. The molecule has 0 aliphatic rings. The predicted octanol–water partition coefficient (Wildman–Crippen LogP) is 3.09. The van der Waals surface area contributed by atoms with Crippen molar-refractivity contribution >= 4 is 11.8 Å². The number of hydrogen-bond donors (Lipinski definition) is 1. The van der Waals surface area contributed by atoms with Crippen molar-refractivity contribution in [3.63, 3.8) is 0 Å². The zero-order valence-corrected chi connectivity index (χ0v) is 17.1. The second-order valence-electron chi connectivity index (χ2n) is 7.35. The Bertz CT molecular complexity index is 794. The summed E-state index contributed by atoms with van der Waals surface area (Å²) in [7, 11) is 0. The van der Waals surface area contributed by atoms with Crippen LogP contribution < -0.4 is 0 Å². The molecule has 6 heteroatoms. The first-order valence-electron chi connectivity index (χ1n) is 9.41. The predicted molar refractivity (Wildman–Crippen MR) is 110 cm³/mol. The number of benzene rings is 1. The molecule has 1 N–H and O–H groups in total. The summed E-state index contributed by atoms with van der Waals surface area (Å²) >= 11 is 0. The Morgan fingerprint density at radius 2 is 1.93 bits per heavy atom. The van der Waals surface area contributed by atoms with Crippen LogP contribution >= 0.6 is 0 Å². The van der Waals surface area contributed by atoms with E-state index in [0.717, 1.165) is 11.1 Å². The van der Waals surface area contributed by atoms with Crippen LogP contribution in [-0.2, 0) is 9.47 Å². The fourth-order valence-corrected chi connectivity index (χ4v) is 2.41. The van der Waals surface area contributed by atoms with Gasteiger partial charge in [0.2, 0.25) is 0 Å². The van der Waals surface area contributed by atoms with Crippen molar-refractivity contribution < 1.29 is 14.6 Å². The summed E-state index contributed by atoms with van der Waals surface area (Å²) in [6.45, 7) is 10.1. The van der Waals surface area contributed by atoms with Gasteiger partial charge in [-0.15, -0.1) is 0 Å². The maximum atomic E-state index is 10.8. The highest BCUT2D eigenvalue weighted by Crippen LogP contribution is 2.28. The van der Waals surface area contributed by atoms with Crippen LogP contribution in [0.2, 0.25) is 0 Å². The Hall–Kier alpha value is -2.46. The highest BCUT2D eigenvalue weighted by Gasteiger charge is 2.27. The topological polar surface area (TPSA) is 69.4 Å². The Morgan fingerprint density at radius 1 is 1.21 bits per heavy atom. The van der Waals surface area contributed by atoms with Gasteiger partial charge in [0.05, 0.1) is 18.9 Å². The van der Waals surface area contributed by atoms with Crippen LogP contribution in [-0.4, -0.2) is 52.4 Å². The molecule has 0 aliphatic heterocycles. The van der Waals surface area contributed by atoms with E-state index in [1.807, 2.05) is 58.0 Å². The van der Waals surface area contributed by atoms with E-state index in [2.05, 4.69) is 21.9 Å². The molecular formula is C22H29N3O3. The van der Waals surface area contributed by atoms with Crippen LogP contribution in [0.5, 0.6) is 0 Å². The average Bonchev–Trinajstić information content (AvgIpc) is 3.19. The summed E-state index contributed by atoms with van der Waals surface area (Å²) in [4.78, 5) is 3.99. The van der Waals surface area contributed by atoms with Crippen LogP contribution in [0.3, 0.4) is 0 Å². The highest BCUT2D eigenvalue weighted by molar-refractivity contribution is 5.73. The fraction of sp³-hybridized carbons (Fsp3) is 0.455. The van der Waals surface area contributed by atoms with Crippen LogP contribution in [0, 0.1) is 17.3 Å². The number of aromatic nitrogens is 3. The maximum absolute atomic E-state index is 10.8. The third kappa shape index (κ3) is 6.93. The molecule has 0 radical (unpaired) electrons. The molecular weight excluding hydrogens is 354 g/mol. The molecule has 1 atom stereocenters. The van der Waals surface area contributed by atoms with Gasteiger partial charge in [0.25, 0.3) is 0 Å². The van der Waals surface area contributed by atoms with Gasteiger partial charge in [-0.1, -0.05) is 44.7 Å². The van der Waals surface area contributed by atoms with Crippen molar-refractivity contribution in [2.75, 3.05) is 26.4 Å². The number of hydrogen-bond acceptors (Lipinski definition) is 5. The normalized spacial score (nSPS) is 13.1. The molecule has 0 bridgehead atoms. The average molecular weight is 383 g/mol. The second kappa shape index (κ2) is 10.8. The van der Waals surface area contributed by atoms with Gasteiger partial charge in [0, 0.05) is 12.2 Å². The summed E-state index contributed by atoms with van der Waals surface area (Å²) in [5, 5.41) is 14.9. The number of aliphatic hydroxyl groups is 1. The smallest absolute Gasteiger partial charge is 0.138 e. The summed E-state index contributed by atoms with van der Waals surface area (Å²) in [6.07, 6.45) is 4.27. The minimum atomic E-state index is -0.692. The van der Waals surface area contributed by atoms with E-state index in [1.165, 1.54) is 6.33 Å². The van der Waals surface area contributed by atoms with Crippen LogP contribution in [0.4, 0.5) is 0 Å². The number of ether oxygens (including phenoxy) is 2. The van der Waals surface area contributed by atoms with Crippen molar-refractivity contribution in [1.82, 2.24) is 14.8 Å². The van der Waals surface area contributed by atoms with Gasteiger partial charge in [0.1, 0.15) is 25.4 Å². The van der Waals surface area contributed by atoms with Gasteiger partial charge in [0.15, 0.2) is 0 Å². The highest BCUT2D eigenvalue weighted by atomic mass is 16.5.